The van der Waals surface area contributed by atoms with E-state index in [0.29, 0.717) is 11.5 Å². The van der Waals surface area contributed by atoms with E-state index in [2.05, 4.69) is 33.0 Å². The molecule has 2 fully saturated rings. The molecule has 0 aromatic heterocycles. The van der Waals surface area contributed by atoms with Gasteiger partial charge in [-0.25, -0.2) is 0 Å². The van der Waals surface area contributed by atoms with E-state index < -0.39 is 0 Å². The van der Waals surface area contributed by atoms with Crippen LogP contribution in [0.4, 0.5) is 0 Å². The zero-order valence-electron chi connectivity index (χ0n) is 14.1. The Morgan fingerprint density at radius 1 is 1.20 bits per heavy atom. The van der Waals surface area contributed by atoms with Crippen LogP contribution in [0.3, 0.4) is 0 Å². The van der Waals surface area contributed by atoms with Gasteiger partial charge in [-0.05, 0) is 50.0 Å². The van der Waals surface area contributed by atoms with Crippen LogP contribution in [0.5, 0.6) is 0 Å². The highest BCUT2D eigenvalue weighted by atomic mass is 16.5. The van der Waals surface area contributed by atoms with Crippen LogP contribution < -0.4 is 5.32 Å². The van der Waals surface area contributed by atoms with E-state index in [4.69, 9.17) is 4.74 Å². The molecule has 0 aromatic rings. The van der Waals surface area contributed by atoms with Crippen LogP contribution in [0.25, 0.3) is 0 Å². The summed E-state index contributed by atoms with van der Waals surface area (Å²) in [5.74, 6) is 0.789. The van der Waals surface area contributed by atoms with Crippen molar-refractivity contribution in [2.75, 3.05) is 13.2 Å². The average molecular weight is 281 g/mol. The molecule has 1 aliphatic heterocycles. The molecule has 1 aliphatic carbocycles. The summed E-state index contributed by atoms with van der Waals surface area (Å²) in [6, 6.07) is 0.639. The lowest BCUT2D eigenvalue weighted by molar-refractivity contribution is -0.127. The smallest absolute Gasteiger partial charge is 0.0685 e. The van der Waals surface area contributed by atoms with E-state index in [9.17, 15) is 0 Å². The molecule has 1 spiro atoms. The summed E-state index contributed by atoms with van der Waals surface area (Å²) in [6.07, 6.45) is 10.5. The topological polar surface area (TPSA) is 21.3 Å². The second kappa shape index (κ2) is 6.79. The minimum Gasteiger partial charge on any atom is -0.375 e. The quantitative estimate of drug-likeness (QED) is 0.799. The lowest BCUT2D eigenvalue weighted by Crippen LogP contribution is -2.52. The molecule has 1 N–H and O–H groups in total. The predicted molar refractivity (Wildman–Crippen MR) is 86.0 cm³/mol. The van der Waals surface area contributed by atoms with Gasteiger partial charge in [0.1, 0.15) is 0 Å². The van der Waals surface area contributed by atoms with Gasteiger partial charge in [-0.15, -0.1) is 0 Å². The average Bonchev–Trinajstić information content (AvgIpc) is 2.45. The van der Waals surface area contributed by atoms with Gasteiger partial charge in [0.25, 0.3) is 0 Å². The molecule has 0 aromatic carbocycles. The molecule has 2 unspecified atom stereocenters. The Balaban J connectivity index is 2.08. The van der Waals surface area contributed by atoms with Crippen molar-refractivity contribution in [2.45, 2.75) is 90.7 Å². The number of rotatable bonds is 5. The lowest BCUT2D eigenvalue weighted by atomic mass is 9.68. The van der Waals surface area contributed by atoms with Crippen molar-refractivity contribution in [2.24, 2.45) is 11.3 Å². The summed E-state index contributed by atoms with van der Waals surface area (Å²) < 4.78 is 6.28. The highest BCUT2D eigenvalue weighted by Crippen LogP contribution is 2.44. The molecule has 0 bridgehead atoms. The molecule has 0 amide bonds. The summed E-state index contributed by atoms with van der Waals surface area (Å²) >= 11 is 0. The van der Waals surface area contributed by atoms with Gasteiger partial charge < -0.3 is 10.1 Å². The fourth-order valence-corrected chi connectivity index (χ4v) is 4.42. The van der Waals surface area contributed by atoms with Crippen LogP contribution in [0.2, 0.25) is 0 Å². The number of hydrogen-bond donors (Lipinski definition) is 1. The Bertz CT molecular complexity index is 288. The summed E-state index contributed by atoms with van der Waals surface area (Å²) in [5, 5.41) is 3.81. The number of nitrogens with one attached hydrogen (secondary N) is 1. The van der Waals surface area contributed by atoms with E-state index >= 15 is 0 Å². The van der Waals surface area contributed by atoms with Gasteiger partial charge in [0, 0.05) is 12.6 Å². The molecule has 2 rings (SSSR count). The maximum absolute atomic E-state index is 6.28. The first-order valence-corrected chi connectivity index (χ1v) is 8.90. The Labute approximate surface area is 126 Å². The van der Waals surface area contributed by atoms with Crippen molar-refractivity contribution < 1.29 is 4.74 Å². The predicted octanol–water partition coefficient (Wildman–Crippen LogP) is 4.53. The SMILES string of the molecule is CCNC(C1CCOC2(CCCCC2)C1)C(C)(C)CC. The normalized spacial score (nSPS) is 28.5. The number of ether oxygens (including phenoxy) is 1. The largest absolute Gasteiger partial charge is 0.375 e. The number of hydrogen-bond acceptors (Lipinski definition) is 2. The van der Waals surface area contributed by atoms with Crippen LogP contribution in [-0.2, 0) is 4.74 Å². The molecule has 20 heavy (non-hydrogen) atoms. The molecule has 2 atom stereocenters. The van der Waals surface area contributed by atoms with Gasteiger partial charge in [-0.3, -0.25) is 0 Å². The van der Waals surface area contributed by atoms with E-state index in [-0.39, 0.29) is 5.60 Å². The van der Waals surface area contributed by atoms with Crippen molar-refractivity contribution >= 4 is 0 Å². The van der Waals surface area contributed by atoms with Gasteiger partial charge >= 0.3 is 0 Å². The minimum atomic E-state index is 0.235. The maximum atomic E-state index is 6.28. The van der Waals surface area contributed by atoms with Gasteiger partial charge in [-0.2, -0.15) is 0 Å². The molecule has 118 valence electrons. The fraction of sp³-hybridized carbons (Fsp3) is 1.00. The molecule has 0 radical (unpaired) electrons. The Morgan fingerprint density at radius 3 is 2.50 bits per heavy atom. The van der Waals surface area contributed by atoms with Crippen LogP contribution in [-0.4, -0.2) is 24.8 Å². The summed E-state index contributed by atoms with van der Waals surface area (Å²) in [7, 11) is 0. The molecule has 1 saturated heterocycles. The van der Waals surface area contributed by atoms with Gasteiger partial charge in [-0.1, -0.05) is 47.0 Å². The van der Waals surface area contributed by atoms with Gasteiger partial charge in [0.15, 0.2) is 0 Å². The zero-order valence-corrected chi connectivity index (χ0v) is 14.1. The summed E-state index contributed by atoms with van der Waals surface area (Å²) in [6.45, 7) is 11.5. The monoisotopic (exact) mass is 281 g/mol. The molecule has 1 saturated carbocycles. The molecule has 2 nitrogen and oxygen atoms in total. The van der Waals surface area contributed by atoms with Crippen molar-refractivity contribution in [3.63, 3.8) is 0 Å². The van der Waals surface area contributed by atoms with Crippen molar-refractivity contribution in [3.05, 3.63) is 0 Å². The van der Waals surface area contributed by atoms with Gasteiger partial charge in [0.2, 0.25) is 0 Å². The highest BCUT2D eigenvalue weighted by molar-refractivity contribution is 4.96. The third-order valence-electron chi connectivity index (χ3n) is 5.94. The lowest BCUT2D eigenvalue weighted by Gasteiger charge is -2.49. The second-order valence-corrected chi connectivity index (χ2v) is 7.72. The Hall–Kier alpha value is -0.0800. The molecule has 1 heterocycles. The molecule has 2 heteroatoms. The van der Waals surface area contributed by atoms with Gasteiger partial charge in [0.05, 0.1) is 5.60 Å². The van der Waals surface area contributed by atoms with Crippen molar-refractivity contribution in [1.29, 1.82) is 0 Å². The van der Waals surface area contributed by atoms with Crippen LogP contribution in [0.15, 0.2) is 0 Å². The first kappa shape index (κ1) is 16.3. The van der Waals surface area contributed by atoms with Crippen LogP contribution in [0.1, 0.15) is 79.1 Å². The van der Waals surface area contributed by atoms with E-state index in [0.717, 1.165) is 19.1 Å². The van der Waals surface area contributed by atoms with E-state index in [1.807, 2.05) is 0 Å². The maximum Gasteiger partial charge on any atom is 0.0685 e. The summed E-state index contributed by atoms with van der Waals surface area (Å²) in [4.78, 5) is 0. The second-order valence-electron chi connectivity index (χ2n) is 7.72. The zero-order chi connectivity index (χ0) is 14.6. The third kappa shape index (κ3) is 3.57. The minimum absolute atomic E-state index is 0.235. The molecule has 2 aliphatic rings. The molecular formula is C18H35NO. The van der Waals surface area contributed by atoms with E-state index in [1.54, 1.807) is 0 Å². The van der Waals surface area contributed by atoms with Crippen LogP contribution in [0, 0.1) is 11.3 Å². The van der Waals surface area contributed by atoms with Crippen molar-refractivity contribution in [3.8, 4) is 0 Å². The third-order valence-corrected chi connectivity index (χ3v) is 5.94. The molecular weight excluding hydrogens is 246 g/mol. The van der Waals surface area contributed by atoms with E-state index in [1.165, 1.54) is 51.4 Å². The highest BCUT2D eigenvalue weighted by Gasteiger charge is 2.43. The van der Waals surface area contributed by atoms with Crippen LogP contribution >= 0.6 is 0 Å². The first-order chi connectivity index (χ1) is 9.53. The Kier molecular flexibility index (Phi) is 5.53. The Morgan fingerprint density at radius 2 is 1.90 bits per heavy atom. The standard InChI is InChI=1S/C18H35NO/c1-5-17(3,4)16(19-6-2)15-10-13-20-18(14-15)11-8-7-9-12-18/h15-16,19H,5-14H2,1-4H3. The van der Waals surface area contributed by atoms with Crippen molar-refractivity contribution in [1.82, 2.24) is 5.32 Å². The first-order valence-electron chi connectivity index (χ1n) is 8.90. The summed E-state index contributed by atoms with van der Waals surface area (Å²) in [5.41, 5.74) is 0.618. The fourth-order valence-electron chi connectivity index (χ4n) is 4.42.